The lowest BCUT2D eigenvalue weighted by Crippen LogP contribution is -2.21. The van der Waals surface area contributed by atoms with Crippen molar-refractivity contribution in [2.75, 3.05) is 0 Å². The van der Waals surface area contributed by atoms with E-state index in [1.54, 1.807) is 24.0 Å². The summed E-state index contributed by atoms with van der Waals surface area (Å²) in [5.41, 5.74) is 5.15. The van der Waals surface area contributed by atoms with Gasteiger partial charge in [0.15, 0.2) is 6.61 Å². The summed E-state index contributed by atoms with van der Waals surface area (Å²) in [7, 11) is 1.74. The molecule has 7 heteroatoms. The van der Waals surface area contributed by atoms with Crippen LogP contribution in [0.4, 0.5) is 0 Å². The van der Waals surface area contributed by atoms with Crippen LogP contribution in [0.25, 0.3) is 0 Å². The molecule has 1 aromatic rings. The first kappa shape index (κ1) is 10.7. The van der Waals surface area contributed by atoms with Crippen LogP contribution in [0.2, 0.25) is 0 Å². The molecule has 15 heavy (non-hydrogen) atoms. The lowest BCUT2D eigenvalue weighted by atomic mass is 10.4. The van der Waals surface area contributed by atoms with E-state index in [4.69, 9.17) is 15.8 Å². The van der Waals surface area contributed by atoms with E-state index < -0.39 is 11.6 Å². The zero-order valence-electron chi connectivity index (χ0n) is 8.04. The molecule has 0 unspecified atom stereocenters. The van der Waals surface area contributed by atoms with Crippen molar-refractivity contribution in [3.63, 3.8) is 0 Å². The van der Waals surface area contributed by atoms with Gasteiger partial charge >= 0.3 is 0 Å². The topological polar surface area (TPSA) is 106 Å². The first-order valence-electron chi connectivity index (χ1n) is 4.02. The Morgan fingerprint density at radius 3 is 3.07 bits per heavy atom. The van der Waals surface area contributed by atoms with E-state index in [1.165, 1.54) is 6.07 Å². The fraction of sp³-hybridized carbons (Fsp3) is 0.250. The third-order valence-electron chi connectivity index (χ3n) is 1.63. The molecule has 0 saturated heterocycles. The Labute approximate surface area is 85.7 Å². The number of aryl methyl sites for hydroxylation is 1. The Hall–Kier alpha value is -2.36. The summed E-state index contributed by atoms with van der Waals surface area (Å²) in [4.78, 5) is 15.3. The predicted octanol–water partition coefficient (Wildman–Crippen LogP) is -0.698. The number of hydrogen-bond donors (Lipinski definition) is 1. The first-order valence-corrected chi connectivity index (χ1v) is 4.02. The van der Waals surface area contributed by atoms with Gasteiger partial charge in [-0.25, -0.2) is 0 Å². The van der Waals surface area contributed by atoms with Gasteiger partial charge in [-0.3, -0.25) is 9.48 Å². The van der Waals surface area contributed by atoms with Crippen molar-refractivity contribution in [1.29, 1.82) is 5.26 Å². The number of carbonyl (C=O) groups is 1. The van der Waals surface area contributed by atoms with Gasteiger partial charge in [0, 0.05) is 13.2 Å². The number of nitrogens with zero attached hydrogens (tertiary/aromatic N) is 4. The Morgan fingerprint density at radius 1 is 1.87 bits per heavy atom. The maximum absolute atomic E-state index is 10.6. The number of nitrogens with two attached hydrogens (primary N) is 1. The largest absolute Gasteiger partial charge is 0.388 e. The van der Waals surface area contributed by atoms with Gasteiger partial charge in [0.25, 0.3) is 5.91 Å². The van der Waals surface area contributed by atoms with E-state index >= 15 is 0 Å². The van der Waals surface area contributed by atoms with Crippen molar-refractivity contribution in [1.82, 2.24) is 9.78 Å². The maximum atomic E-state index is 10.6. The number of aromatic nitrogens is 2. The molecule has 1 heterocycles. The number of hydrogen-bond acceptors (Lipinski definition) is 5. The SMILES string of the molecule is Cn1nccc1CON=C(C#N)C(N)=O. The van der Waals surface area contributed by atoms with Gasteiger partial charge in [-0.1, -0.05) is 5.16 Å². The number of primary amides is 1. The van der Waals surface area contributed by atoms with Crippen LogP contribution in [0.3, 0.4) is 0 Å². The number of nitriles is 1. The van der Waals surface area contributed by atoms with Gasteiger partial charge in [-0.15, -0.1) is 0 Å². The Bertz CT molecular complexity index is 428. The second-order valence-corrected chi connectivity index (χ2v) is 2.64. The molecule has 0 bridgehead atoms. The molecule has 1 amide bonds. The summed E-state index contributed by atoms with van der Waals surface area (Å²) in [6.45, 7) is 0.120. The van der Waals surface area contributed by atoms with Gasteiger partial charge in [0.2, 0.25) is 5.71 Å². The molecule has 0 atom stereocenters. The molecule has 0 aliphatic heterocycles. The van der Waals surface area contributed by atoms with Crippen LogP contribution in [-0.2, 0) is 23.3 Å². The quantitative estimate of drug-likeness (QED) is 0.520. The third-order valence-corrected chi connectivity index (χ3v) is 1.63. The number of amides is 1. The summed E-state index contributed by atoms with van der Waals surface area (Å²) in [6.07, 6.45) is 1.60. The fourth-order valence-corrected chi connectivity index (χ4v) is 0.826. The minimum atomic E-state index is -0.914. The van der Waals surface area contributed by atoms with Crippen molar-refractivity contribution in [2.24, 2.45) is 17.9 Å². The van der Waals surface area contributed by atoms with E-state index in [0.29, 0.717) is 0 Å². The van der Waals surface area contributed by atoms with Gasteiger partial charge in [0.1, 0.15) is 6.07 Å². The molecule has 0 fully saturated rings. The van der Waals surface area contributed by atoms with E-state index in [2.05, 4.69) is 10.3 Å². The fourth-order valence-electron chi connectivity index (χ4n) is 0.826. The van der Waals surface area contributed by atoms with Gasteiger partial charge in [-0.2, -0.15) is 10.4 Å². The molecule has 1 aromatic heterocycles. The summed E-state index contributed by atoms with van der Waals surface area (Å²) < 4.78 is 1.59. The summed E-state index contributed by atoms with van der Waals surface area (Å²) in [5, 5.41) is 15.6. The Morgan fingerprint density at radius 2 is 2.60 bits per heavy atom. The van der Waals surface area contributed by atoms with Gasteiger partial charge in [0.05, 0.1) is 5.69 Å². The Kier molecular flexibility index (Phi) is 3.40. The lowest BCUT2D eigenvalue weighted by Gasteiger charge is -1.99. The highest BCUT2D eigenvalue weighted by atomic mass is 16.6. The summed E-state index contributed by atoms with van der Waals surface area (Å²) in [6, 6.07) is 3.25. The van der Waals surface area contributed by atoms with Crippen LogP contribution in [-0.4, -0.2) is 21.4 Å². The molecule has 0 aliphatic rings. The number of rotatable bonds is 4. The first-order chi connectivity index (χ1) is 7.15. The van der Waals surface area contributed by atoms with Crippen molar-refractivity contribution in [2.45, 2.75) is 6.61 Å². The summed E-state index contributed by atoms with van der Waals surface area (Å²) in [5.74, 6) is -0.914. The molecule has 0 spiro atoms. The highest BCUT2D eigenvalue weighted by molar-refractivity contribution is 6.44. The molecule has 0 aromatic carbocycles. The Balaban J connectivity index is 2.56. The average Bonchev–Trinajstić information content (AvgIpc) is 2.58. The second kappa shape index (κ2) is 4.76. The van der Waals surface area contributed by atoms with Crippen molar-refractivity contribution in [3.8, 4) is 6.07 Å². The van der Waals surface area contributed by atoms with Crippen LogP contribution in [0.1, 0.15) is 5.69 Å². The molecular weight excluding hydrogens is 198 g/mol. The molecule has 1 rings (SSSR count). The van der Waals surface area contributed by atoms with E-state index in [0.717, 1.165) is 5.69 Å². The van der Waals surface area contributed by atoms with Crippen LogP contribution < -0.4 is 5.73 Å². The minimum absolute atomic E-state index is 0.120. The van der Waals surface area contributed by atoms with Crippen LogP contribution in [0, 0.1) is 11.3 Å². The predicted molar refractivity (Wildman–Crippen MR) is 50.2 cm³/mol. The molecule has 0 aliphatic carbocycles. The van der Waals surface area contributed by atoms with Gasteiger partial charge < -0.3 is 10.6 Å². The van der Waals surface area contributed by atoms with E-state index in [1.807, 2.05) is 0 Å². The van der Waals surface area contributed by atoms with Crippen LogP contribution >= 0.6 is 0 Å². The molecule has 0 saturated carbocycles. The normalized spacial score (nSPS) is 10.8. The monoisotopic (exact) mass is 207 g/mol. The molecule has 0 radical (unpaired) electrons. The molecule has 2 N–H and O–H groups in total. The zero-order chi connectivity index (χ0) is 11.3. The number of carbonyl (C=O) groups excluding carboxylic acids is 1. The molecular formula is C8H9N5O2. The molecule has 78 valence electrons. The van der Waals surface area contributed by atoms with Crippen LogP contribution in [0.15, 0.2) is 17.4 Å². The maximum Gasteiger partial charge on any atom is 0.281 e. The second-order valence-electron chi connectivity index (χ2n) is 2.64. The van der Waals surface area contributed by atoms with Crippen molar-refractivity contribution in [3.05, 3.63) is 18.0 Å². The average molecular weight is 207 g/mol. The van der Waals surface area contributed by atoms with E-state index in [9.17, 15) is 4.79 Å². The van der Waals surface area contributed by atoms with Crippen LogP contribution in [0.5, 0.6) is 0 Å². The van der Waals surface area contributed by atoms with E-state index in [-0.39, 0.29) is 6.61 Å². The van der Waals surface area contributed by atoms with Gasteiger partial charge in [-0.05, 0) is 6.07 Å². The molecule has 7 nitrogen and oxygen atoms in total. The smallest absolute Gasteiger partial charge is 0.281 e. The van der Waals surface area contributed by atoms with Crippen molar-refractivity contribution >= 4 is 11.6 Å². The zero-order valence-corrected chi connectivity index (χ0v) is 8.04. The highest BCUT2D eigenvalue weighted by Gasteiger charge is 2.06. The summed E-state index contributed by atoms with van der Waals surface area (Å²) >= 11 is 0. The minimum Gasteiger partial charge on any atom is -0.388 e. The highest BCUT2D eigenvalue weighted by Crippen LogP contribution is 1.98. The lowest BCUT2D eigenvalue weighted by molar-refractivity contribution is -0.112. The standard InChI is InChI=1S/C8H9N5O2/c1-13-6(2-3-11-13)5-15-12-7(4-9)8(10)14/h2-3H,5H2,1H3,(H2,10,14). The third kappa shape index (κ3) is 2.80. The number of oxime groups is 1. The van der Waals surface area contributed by atoms with Crippen molar-refractivity contribution < 1.29 is 9.63 Å².